The van der Waals surface area contributed by atoms with Crippen molar-refractivity contribution in [3.63, 3.8) is 0 Å². The Morgan fingerprint density at radius 1 is 1.39 bits per heavy atom. The largest absolute Gasteiger partial charge is 0.480 e. The predicted molar refractivity (Wildman–Crippen MR) is 70.4 cm³/mol. The lowest BCUT2D eigenvalue weighted by atomic mass is 10.0. The number of carbonyl (C=O) groups is 1. The average molecular weight is 248 g/mol. The second kappa shape index (κ2) is 5.50. The van der Waals surface area contributed by atoms with Gasteiger partial charge in [0.15, 0.2) is 0 Å². The molecule has 1 heterocycles. The van der Waals surface area contributed by atoms with Crippen LogP contribution >= 0.6 is 0 Å². The molecule has 18 heavy (non-hydrogen) atoms. The molecular weight excluding hydrogens is 228 g/mol. The van der Waals surface area contributed by atoms with Gasteiger partial charge in [0.05, 0.1) is 0 Å². The van der Waals surface area contributed by atoms with Crippen LogP contribution in [0.15, 0.2) is 30.3 Å². The SMILES string of the molecule is NC1(C(=O)O)CCN(CCCc2ccccc2)C1. The zero-order chi connectivity index (χ0) is 13.0. The summed E-state index contributed by atoms with van der Waals surface area (Å²) in [6, 6.07) is 10.3. The van der Waals surface area contributed by atoms with Crippen LogP contribution in [0.5, 0.6) is 0 Å². The summed E-state index contributed by atoms with van der Waals surface area (Å²) < 4.78 is 0. The maximum absolute atomic E-state index is 11.0. The summed E-state index contributed by atoms with van der Waals surface area (Å²) in [6.07, 6.45) is 2.62. The molecule has 1 atom stereocenters. The van der Waals surface area contributed by atoms with Crippen molar-refractivity contribution in [3.05, 3.63) is 35.9 Å². The molecule has 0 saturated carbocycles. The zero-order valence-electron chi connectivity index (χ0n) is 10.5. The van der Waals surface area contributed by atoms with Gasteiger partial charge in [-0.2, -0.15) is 0 Å². The number of rotatable bonds is 5. The maximum atomic E-state index is 11.0. The first-order valence-electron chi connectivity index (χ1n) is 6.39. The third kappa shape index (κ3) is 3.09. The molecule has 0 aliphatic carbocycles. The van der Waals surface area contributed by atoms with E-state index in [1.807, 2.05) is 18.2 Å². The summed E-state index contributed by atoms with van der Waals surface area (Å²) >= 11 is 0. The summed E-state index contributed by atoms with van der Waals surface area (Å²) in [5.74, 6) is -0.881. The van der Waals surface area contributed by atoms with E-state index in [0.717, 1.165) is 25.9 Å². The molecule has 1 saturated heterocycles. The second-order valence-corrected chi connectivity index (χ2v) is 5.08. The number of likely N-dealkylation sites (tertiary alicyclic amines) is 1. The Bertz CT molecular complexity index is 408. The lowest BCUT2D eigenvalue weighted by Crippen LogP contribution is -2.50. The van der Waals surface area contributed by atoms with E-state index >= 15 is 0 Å². The quantitative estimate of drug-likeness (QED) is 0.819. The number of aliphatic carboxylic acids is 1. The highest BCUT2D eigenvalue weighted by Crippen LogP contribution is 2.19. The Balaban J connectivity index is 1.74. The summed E-state index contributed by atoms with van der Waals surface area (Å²) in [4.78, 5) is 13.2. The number of carboxylic acids is 1. The van der Waals surface area contributed by atoms with Gasteiger partial charge >= 0.3 is 5.97 Å². The van der Waals surface area contributed by atoms with Crippen LogP contribution < -0.4 is 5.73 Å². The highest BCUT2D eigenvalue weighted by Gasteiger charge is 2.40. The van der Waals surface area contributed by atoms with E-state index in [4.69, 9.17) is 10.8 Å². The van der Waals surface area contributed by atoms with E-state index in [2.05, 4.69) is 17.0 Å². The van der Waals surface area contributed by atoms with E-state index in [-0.39, 0.29) is 0 Å². The van der Waals surface area contributed by atoms with Gasteiger partial charge in [-0.05, 0) is 31.4 Å². The van der Waals surface area contributed by atoms with Gasteiger partial charge in [0.1, 0.15) is 5.54 Å². The summed E-state index contributed by atoms with van der Waals surface area (Å²) in [7, 11) is 0. The first-order chi connectivity index (χ1) is 8.60. The van der Waals surface area contributed by atoms with Gasteiger partial charge in [-0.15, -0.1) is 0 Å². The van der Waals surface area contributed by atoms with Crippen LogP contribution in [0, 0.1) is 0 Å². The van der Waals surface area contributed by atoms with E-state index in [0.29, 0.717) is 13.0 Å². The fourth-order valence-electron chi connectivity index (χ4n) is 2.43. The molecule has 2 rings (SSSR count). The first kappa shape index (κ1) is 13.1. The fraction of sp³-hybridized carbons (Fsp3) is 0.500. The van der Waals surface area contributed by atoms with Gasteiger partial charge in [0.2, 0.25) is 0 Å². The Hall–Kier alpha value is -1.39. The zero-order valence-corrected chi connectivity index (χ0v) is 10.5. The minimum Gasteiger partial charge on any atom is -0.480 e. The van der Waals surface area contributed by atoms with Crippen molar-refractivity contribution < 1.29 is 9.90 Å². The third-order valence-electron chi connectivity index (χ3n) is 3.59. The number of nitrogens with zero attached hydrogens (tertiary/aromatic N) is 1. The minimum atomic E-state index is -1.03. The van der Waals surface area contributed by atoms with Crippen LogP contribution in [-0.2, 0) is 11.2 Å². The highest BCUT2D eigenvalue weighted by molar-refractivity contribution is 5.79. The number of benzene rings is 1. The van der Waals surface area contributed by atoms with Crippen molar-refractivity contribution in [3.8, 4) is 0 Å². The fourth-order valence-corrected chi connectivity index (χ4v) is 2.43. The molecule has 4 nitrogen and oxygen atoms in total. The smallest absolute Gasteiger partial charge is 0.325 e. The Kier molecular flexibility index (Phi) is 3.99. The lowest BCUT2D eigenvalue weighted by Gasteiger charge is -2.19. The standard InChI is InChI=1S/C14H20N2O2/c15-14(13(17)18)8-10-16(11-14)9-4-7-12-5-2-1-3-6-12/h1-3,5-6H,4,7-11,15H2,(H,17,18). The molecule has 1 aromatic carbocycles. The number of hydrogen-bond donors (Lipinski definition) is 2. The summed E-state index contributed by atoms with van der Waals surface area (Å²) in [5.41, 5.74) is 6.13. The van der Waals surface area contributed by atoms with Gasteiger partial charge in [-0.25, -0.2) is 0 Å². The van der Waals surface area contributed by atoms with Crippen molar-refractivity contribution in [2.24, 2.45) is 5.73 Å². The van der Waals surface area contributed by atoms with Crippen molar-refractivity contribution in [2.45, 2.75) is 24.8 Å². The monoisotopic (exact) mass is 248 g/mol. The molecule has 3 N–H and O–H groups in total. The van der Waals surface area contributed by atoms with Gasteiger partial charge in [-0.3, -0.25) is 4.79 Å². The van der Waals surface area contributed by atoms with Gasteiger partial charge in [0, 0.05) is 13.1 Å². The van der Waals surface area contributed by atoms with Gasteiger partial charge < -0.3 is 15.7 Å². The topological polar surface area (TPSA) is 66.6 Å². The normalized spacial score (nSPS) is 24.3. The Morgan fingerprint density at radius 2 is 2.11 bits per heavy atom. The van der Waals surface area contributed by atoms with E-state index < -0.39 is 11.5 Å². The van der Waals surface area contributed by atoms with Crippen LogP contribution in [0.2, 0.25) is 0 Å². The van der Waals surface area contributed by atoms with E-state index in [1.165, 1.54) is 5.56 Å². The molecule has 1 fully saturated rings. The minimum absolute atomic E-state index is 0.469. The summed E-state index contributed by atoms with van der Waals surface area (Å²) in [5, 5.41) is 9.04. The molecule has 1 aliphatic heterocycles. The van der Waals surface area contributed by atoms with E-state index in [1.54, 1.807) is 0 Å². The van der Waals surface area contributed by atoms with Gasteiger partial charge in [0.25, 0.3) is 0 Å². The van der Waals surface area contributed by atoms with Crippen LogP contribution in [0.4, 0.5) is 0 Å². The molecule has 0 radical (unpaired) electrons. The predicted octanol–water partition coefficient (Wildman–Crippen LogP) is 1.11. The molecule has 4 heteroatoms. The molecular formula is C14H20N2O2. The second-order valence-electron chi connectivity index (χ2n) is 5.08. The Morgan fingerprint density at radius 3 is 2.72 bits per heavy atom. The molecule has 98 valence electrons. The average Bonchev–Trinajstić information content (AvgIpc) is 2.74. The van der Waals surface area contributed by atoms with Crippen LogP contribution in [-0.4, -0.2) is 41.1 Å². The van der Waals surface area contributed by atoms with Crippen LogP contribution in [0.3, 0.4) is 0 Å². The molecule has 0 spiro atoms. The van der Waals surface area contributed by atoms with Crippen LogP contribution in [0.1, 0.15) is 18.4 Å². The Labute approximate surface area is 107 Å². The van der Waals surface area contributed by atoms with Crippen molar-refractivity contribution in [1.82, 2.24) is 4.90 Å². The van der Waals surface area contributed by atoms with Crippen molar-refractivity contribution >= 4 is 5.97 Å². The molecule has 1 unspecified atom stereocenters. The number of nitrogens with two attached hydrogens (primary N) is 1. The summed E-state index contributed by atoms with van der Waals surface area (Å²) in [6.45, 7) is 2.18. The van der Waals surface area contributed by atoms with E-state index in [9.17, 15) is 4.79 Å². The maximum Gasteiger partial charge on any atom is 0.325 e. The molecule has 0 bridgehead atoms. The van der Waals surface area contributed by atoms with Gasteiger partial charge in [-0.1, -0.05) is 30.3 Å². The molecule has 0 aromatic heterocycles. The molecule has 0 amide bonds. The van der Waals surface area contributed by atoms with Crippen molar-refractivity contribution in [1.29, 1.82) is 0 Å². The highest BCUT2D eigenvalue weighted by atomic mass is 16.4. The number of aryl methyl sites for hydroxylation is 1. The van der Waals surface area contributed by atoms with Crippen molar-refractivity contribution in [2.75, 3.05) is 19.6 Å². The number of hydrogen-bond acceptors (Lipinski definition) is 3. The molecule has 1 aromatic rings. The third-order valence-corrected chi connectivity index (χ3v) is 3.59. The van der Waals surface area contributed by atoms with Crippen LogP contribution in [0.25, 0.3) is 0 Å². The molecule has 1 aliphatic rings. The number of carboxylic acid groups (broad SMARTS) is 1. The first-order valence-corrected chi connectivity index (χ1v) is 6.39. The lowest BCUT2D eigenvalue weighted by molar-refractivity contribution is -0.142.